The van der Waals surface area contributed by atoms with Gasteiger partial charge in [-0.25, -0.2) is 8.42 Å². The van der Waals surface area contributed by atoms with Crippen LogP contribution in [0.1, 0.15) is 58.8 Å². The monoisotopic (exact) mass is 276 g/mol. The number of rotatable bonds is 9. The van der Waals surface area contributed by atoms with Gasteiger partial charge in [-0.2, -0.15) is 0 Å². The summed E-state index contributed by atoms with van der Waals surface area (Å²) in [4.78, 5) is 0. The lowest BCUT2D eigenvalue weighted by atomic mass is 10.0. The van der Waals surface area contributed by atoms with Crippen LogP contribution >= 0.6 is 0 Å². The Morgan fingerprint density at radius 1 is 1.11 bits per heavy atom. The van der Waals surface area contributed by atoms with Crippen molar-refractivity contribution in [3.8, 4) is 0 Å². The van der Waals surface area contributed by atoms with Crippen LogP contribution in [0, 0.1) is 5.92 Å². The molecule has 1 aliphatic rings. The van der Waals surface area contributed by atoms with Gasteiger partial charge in [-0.1, -0.05) is 46.0 Å². The van der Waals surface area contributed by atoms with Crippen molar-refractivity contribution in [3.05, 3.63) is 0 Å². The number of ether oxygens (including phenoxy) is 1. The summed E-state index contributed by atoms with van der Waals surface area (Å²) in [6.45, 7) is 5.26. The van der Waals surface area contributed by atoms with Crippen molar-refractivity contribution in [2.75, 3.05) is 18.1 Å². The summed E-state index contributed by atoms with van der Waals surface area (Å²) >= 11 is 0. The van der Waals surface area contributed by atoms with E-state index in [9.17, 15) is 8.42 Å². The van der Waals surface area contributed by atoms with E-state index < -0.39 is 9.84 Å². The Labute approximate surface area is 112 Å². The normalized spacial score (nSPS) is 22.7. The molecule has 1 heterocycles. The molecule has 0 saturated carbocycles. The van der Waals surface area contributed by atoms with Crippen molar-refractivity contribution in [1.29, 1.82) is 0 Å². The topological polar surface area (TPSA) is 43.4 Å². The van der Waals surface area contributed by atoms with Crippen molar-refractivity contribution >= 4 is 9.84 Å². The van der Waals surface area contributed by atoms with E-state index in [2.05, 4.69) is 13.8 Å². The van der Waals surface area contributed by atoms with E-state index in [1.54, 1.807) is 0 Å². The first-order chi connectivity index (χ1) is 8.49. The van der Waals surface area contributed by atoms with Crippen LogP contribution in [-0.2, 0) is 14.6 Å². The summed E-state index contributed by atoms with van der Waals surface area (Å²) in [5.41, 5.74) is 0. The van der Waals surface area contributed by atoms with Crippen molar-refractivity contribution in [3.63, 3.8) is 0 Å². The van der Waals surface area contributed by atoms with Gasteiger partial charge in [0.1, 0.15) is 0 Å². The Balaban J connectivity index is 1.87. The standard InChI is InChI=1S/C14H28O3S/c1-13(2)8-6-4-3-5-7-10-17-14-9-11-18(15,16)12-14/h13-14H,3-12H2,1-2H3. The van der Waals surface area contributed by atoms with Crippen LogP contribution in [0.15, 0.2) is 0 Å². The Hall–Kier alpha value is -0.0900. The van der Waals surface area contributed by atoms with Crippen LogP contribution < -0.4 is 0 Å². The molecule has 0 aromatic heterocycles. The minimum Gasteiger partial charge on any atom is -0.377 e. The molecule has 18 heavy (non-hydrogen) atoms. The number of sulfone groups is 1. The summed E-state index contributed by atoms with van der Waals surface area (Å²) in [6.07, 6.45) is 8.19. The molecule has 1 saturated heterocycles. The zero-order chi connectivity index (χ0) is 13.4. The van der Waals surface area contributed by atoms with Crippen LogP contribution in [0.3, 0.4) is 0 Å². The molecule has 4 heteroatoms. The van der Waals surface area contributed by atoms with E-state index in [4.69, 9.17) is 4.74 Å². The molecule has 0 aromatic rings. The molecule has 1 atom stereocenters. The fourth-order valence-electron chi connectivity index (χ4n) is 2.33. The van der Waals surface area contributed by atoms with Crippen molar-refractivity contribution in [1.82, 2.24) is 0 Å². The minimum absolute atomic E-state index is 0.0315. The van der Waals surface area contributed by atoms with Gasteiger partial charge in [-0.05, 0) is 18.8 Å². The maximum atomic E-state index is 11.2. The lowest BCUT2D eigenvalue weighted by Crippen LogP contribution is -2.15. The molecule has 1 rings (SSSR count). The first kappa shape index (κ1) is 16.0. The molecule has 0 aliphatic carbocycles. The molecule has 0 radical (unpaired) electrons. The maximum absolute atomic E-state index is 11.2. The highest BCUT2D eigenvalue weighted by molar-refractivity contribution is 7.91. The molecule has 1 fully saturated rings. The molecule has 0 amide bonds. The van der Waals surface area contributed by atoms with E-state index in [1.165, 1.54) is 32.1 Å². The molecule has 0 spiro atoms. The van der Waals surface area contributed by atoms with Crippen molar-refractivity contribution in [2.24, 2.45) is 5.92 Å². The zero-order valence-corrected chi connectivity index (χ0v) is 12.7. The van der Waals surface area contributed by atoms with Crippen molar-refractivity contribution < 1.29 is 13.2 Å². The smallest absolute Gasteiger partial charge is 0.152 e. The number of hydrogen-bond acceptors (Lipinski definition) is 3. The summed E-state index contributed by atoms with van der Waals surface area (Å²) < 4.78 is 28.1. The highest BCUT2D eigenvalue weighted by atomic mass is 32.2. The van der Waals surface area contributed by atoms with Gasteiger partial charge < -0.3 is 4.74 Å². The van der Waals surface area contributed by atoms with Gasteiger partial charge in [-0.3, -0.25) is 0 Å². The van der Waals surface area contributed by atoms with E-state index >= 15 is 0 Å². The van der Waals surface area contributed by atoms with Gasteiger partial charge in [0.2, 0.25) is 0 Å². The Morgan fingerprint density at radius 3 is 2.39 bits per heavy atom. The lowest BCUT2D eigenvalue weighted by molar-refractivity contribution is 0.0680. The van der Waals surface area contributed by atoms with Gasteiger partial charge in [0.25, 0.3) is 0 Å². The quantitative estimate of drug-likeness (QED) is 0.607. The first-order valence-electron chi connectivity index (χ1n) is 7.31. The Kier molecular flexibility index (Phi) is 7.23. The summed E-state index contributed by atoms with van der Waals surface area (Å²) in [5, 5.41) is 0. The highest BCUT2D eigenvalue weighted by Gasteiger charge is 2.28. The molecular weight excluding hydrogens is 248 g/mol. The molecule has 0 N–H and O–H groups in total. The van der Waals surface area contributed by atoms with Crippen LogP contribution in [0.5, 0.6) is 0 Å². The van der Waals surface area contributed by atoms with Crippen LogP contribution in [0.25, 0.3) is 0 Å². The third-order valence-electron chi connectivity index (χ3n) is 3.47. The maximum Gasteiger partial charge on any atom is 0.152 e. The van der Waals surface area contributed by atoms with Crippen LogP contribution in [-0.4, -0.2) is 32.6 Å². The Bertz CT molecular complexity index is 309. The van der Waals surface area contributed by atoms with Crippen LogP contribution in [0.4, 0.5) is 0 Å². The zero-order valence-electron chi connectivity index (χ0n) is 11.9. The highest BCUT2D eigenvalue weighted by Crippen LogP contribution is 2.15. The van der Waals surface area contributed by atoms with E-state index in [-0.39, 0.29) is 11.9 Å². The SMILES string of the molecule is CC(C)CCCCCCCOC1CCS(=O)(=O)C1. The molecule has 1 unspecified atom stereocenters. The fraction of sp³-hybridized carbons (Fsp3) is 1.00. The average Bonchev–Trinajstić information content (AvgIpc) is 2.62. The van der Waals surface area contributed by atoms with E-state index in [1.807, 2.05) is 0 Å². The second-order valence-corrected chi connectivity index (χ2v) is 8.07. The number of unbranched alkanes of at least 4 members (excludes halogenated alkanes) is 4. The molecule has 3 nitrogen and oxygen atoms in total. The summed E-state index contributed by atoms with van der Waals surface area (Å²) in [5.74, 6) is 1.37. The van der Waals surface area contributed by atoms with Gasteiger partial charge >= 0.3 is 0 Å². The second kappa shape index (κ2) is 8.16. The van der Waals surface area contributed by atoms with Gasteiger partial charge in [0.15, 0.2) is 9.84 Å². The van der Waals surface area contributed by atoms with Crippen LogP contribution in [0.2, 0.25) is 0 Å². The fourth-order valence-corrected chi connectivity index (χ4v) is 3.95. The average molecular weight is 276 g/mol. The first-order valence-corrected chi connectivity index (χ1v) is 9.14. The van der Waals surface area contributed by atoms with Gasteiger partial charge in [0.05, 0.1) is 17.6 Å². The number of hydrogen-bond donors (Lipinski definition) is 0. The van der Waals surface area contributed by atoms with Crippen molar-refractivity contribution in [2.45, 2.75) is 64.9 Å². The van der Waals surface area contributed by atoms with Gasteiger partial charge in [0, 0.05) is 6.61 Å². The summed E-state index contributed by atoms with van der Waals surface area (Å²) in [6, 6.07) is 0. The molecule has 0 aromatic carbocycles. The predicted octanol–water partition coefficient (Wildman–Crippen LogP) is 3.19. The third kappa shape index (κ3) is 7.37. The molecule has 0 bridgehead atoms. The molecule has 1 aliphatic heterocycles. The lowest BCUT2D eigenvalue weighted by Gasteiger charge is -2.09. The van der Waals surface area contributed by atoms with E-state index in [0.717, 1.165) is 18.9 Å². The molecular formula is C14H28O3S. The van der Waals surface area contributed by atoms with E-state index in [0.29, 0.717) is 12.2 Å². The molecule has 108 valence electrons. The predicted molar refractivity (Wildman–Crippen MR) is 75.6 cm³/mol. The largest absolute Gasteiger partial charge is 0.377 e. The third-order valence-corrected chi connectivity index (χ3v) is 5.21. The Morgan fingerprint density at radius 2 is 1.78 bits per heavy atom. The summed E-state index contributed by atoms with van der Waals surface area (Å²) in [7, 11) is -2.78. The second-order valence-electron chi connectivity index (χ2n) is 5.85. The van der Waals surface area contributed by atoms with Gasteiger partial charge in [-0.15, -0.1) is 0 Å². The minimum atomic E-state index is -2.78.